The second-order valence-corrected chi connectivity index (χ2v) is 7.73. The molecule has 0 radical (unpaired) electrons. The van der Waals surface area contributed by atoms with Crippen LogP contribution in [0.3, 0.4) is 0 Å². The molecule has 0 aromatic heterocycles. The Morgan fingerprint density at radius 1 is 0.962 bits per heavy atom. The predicted octanol–water partition coefficient (Wildman–Crippen LogP) is 3.01. The number of benzene rings is 2. The minimum Gasteiger partial charge on any atom is -0.497 e. The Bertz CT molecular complexity index is 816. The highest BCUT2D eigenvalue weighted by Crippen LogP contribution is 2.25. The summed E-state index contributed by atoms with van der Waals surface area (Å²) >= 11 is 0. The number of sulfonamides is 1. The van der Waals surface area contributed by atoms with Crippen LogP contribution in [0.15, 0.2) is 47.4 Å². The molecule has 26 heavy (non-hydrogen) atoms. The highest BCUT2D eigenvalue weighted by atomic mass is 32.2. The van der Waals surface area contributed by atoms with Gasteiger partial charge in [-0.25, -0.2) is 13.1 Å². The molecule has 0 aliphatic heterocycles. The lowest BCUT2D eigenvalue weighted by atomic mass is 10.1. The lowest BCUT2D eigenvalue weighted by Gasteiger charge is -2.12. The van der Waals surface area contributed by atoms with Crippen LogP contribution in [0.5, 0.6) is 17.2 Å². The second-order valence-electron chi connectivity index (χ2n) is 5.96. The van der Waals surface area contributed by atoms with E-state index in [1.165, 1.54) is 12.1 Å². The fraction of sp³-hybridized carbons (Fsp3) is 0.368. The van der Waals surface area contributed by atoms with Crippen LogP contribution in [-0.2, 0) is 16.4 Å². The molecule has 0 aliphatic rings. The first kappa shape index (κ1) is 20.1. The Hall–Kier alpha value is -2.25. The second kappa shape index (κ2) is 8.91. The molecule has 0 atom stereocenters. The summed E-state index contributed by atoms with van der Waals surface area (Å²) in [6, 6.07) is 11.8. The van der Waals surface area contributed by atoms with Gasteiger partial charge in [0.15, 0.2) is 0 Å². The van der Waals surface area contributed by atoms with Crippen LogP contribution in [0.2, 0.25) is 0 Å². The minimum atomic E-state index is -3.58. The molecule has 2 aromatic carbocycles. The zero-order chi connectivity index (χ0) is 19.2. The maximum absolute atomic E-state index is 12.4. The van der Waals surface area contributed by atoms with E-state index in [0.717, 1.165) is 5.56 Å². The fourth-order valence-corrected chi connectivity index (χ4v) is 3.46. The third-order valence-electron chi connectivity index (χ3n) is 3.69. The van der Waals surface area contributed by atoms with Crippen LogP contribution in [0.4, 0.5) is 0 Å². The number of hydrogen-bond acceptors (Lipinski definition) is 5. The third kappa shape index (κ3) is 5.37. The van der Waals surface area contributed by atoms with E-state index >= 15 is 0 Å². The summed E-state index contributed by atoms with van der Waals surface area (Å²) < 4.78 is 43.4. The molecule has 142 valence electrons. The van der Waals surface area contributed by atoms with Crippen molar-refractivity contribution in [1.82, 2.24) is 4.72 Å². The average Bonchev–Trinajstić information content (AvgIpc) is 2.61. The molecule has 2 rings (SSSR count). The summed E-state index contributed by atoms with van der Waals surface area (Å²) in [5, 5.41) is 0. The summed E-state index contributed by atoms with van der Waals surface area (Å²) in [7, 11) is -0.423. The van der Waals surface area contributed by atoms with Crippen LogP contribution in [-0.4, -0.2) is 35.3 Å². The number of ether oxygens (including phenoxy) is 3. The molecule has 0 heterocycles. The van der Waals surface area contributed by atoms with Crippen molar-refractivity contribution in [2.45, 2.75) is 31.3 Å². The lowest BCUT2D eigenvalue weighted by Crippen LogP contribution is -2.26. The Morgan fingerprint density at radius 2 is 1.62 bits per heavy atom. The monoisotopic (exact) mass is 379 g/mol. The van der Waals surface area contributed by atoms with Gasteiger partial charge in [0.2, 0.25) is 10.0 Å². The molecule has 0 spiro atoms. The van der Waals surface area contributed by atoms with E-state index in [9.17, 15) is 8.42 Å². The molecule has 1 N–H and O–H groups in total. The van der Waals surface area contributed by atoms with Gasteiger partial charge in [-0.3, -0.25) is 0 Å². The predicted molar refractivity (Wildman–Crippen MR) is 101 cm³/mol. The molecular weight excluding hydrogens is 354 g/mol. The van der Waals surface area contributed by atoms with Crippen molar-refractivity contribution in [3.63, 3.8) is 0 Å². The van der Waals surface area contributed by atoms with E-state index in [0.29, 0.717) is 23.7 Å². The Balaban J connectivity index is 2.00. The van der Waals surface area contributed by atoms with E-state index in [4.69, 9.17) is 14.2 Å². The molecule has 0 saturated heterocycles. The van der Waals surface area contributed by atoms with Gasteiger partial charge in [0, 0.05) is 12.6 Å². The van der Waals surface area contributed by atoms with E-state index < -0.39 is 10.0 Å². The molecule has 7 heteroatoms. The van der Waals surface area contributed by atoms with Gasteiger partial charge < -0.3 is 14.2 Å². The largest absolute Gasteiger partial charge is 0.497 e. The third-order valence-corrected chi connectivity index (χ3v) is 5.16. The van der Waals surface area contributed by atoms with Gasteiger partial charge in [-0.2, -0.15) is 0 Å². The highest BCUT2D eigenvalue weighted by molar-refractivity contribution is 7.89. The van der Waals surface area contributed by atoms with Crippen molar-refractivity contribution in [2.75, 3.05) is 20.8 Å². The first-order chi connectivity index (χ1) is 12.4. The van der Waals surface area contributed by atoms with Crippen LogP contribution >= 0.6 is 0 Å². The van der Waals surface area contributed by atoms with Gasteiger partial charge in [-0.05, 0) is 56.2 Å². The quantitative estimate of drug-likeness (QED) is 0.725. The molecule has 0 bridgehead atoms. The van der Waals surface area contributed by atoms with E-state index in [1.807, 2.05) is 26.0 Å². The summed E-state index contributed by atoms with van der Waals surface area (Å²) in [5.74, 6) is 2.00. The zero-order valence-electron chi connectivity index (χ0n) is 15.5. The number of methoxy groups -OCH3 is 2. The number of rotatable bonds is 9. The topological polar surface area (TPSA) is 73.9 Å². The van der Waals surface area contributed by atoms with Crippen molar-refractivity contribution < 1.29 is 22.6 Å². The van der Waals surface area contributed by atoms with Gasteiger partial charge in [-0.15, -0.1) is 0 Å². The van der Waals surface area contributed by atoms with Gasteiger partial charge in [0.1, 0.15) is 17.2 Å². The number of hydrogen-bond donors (Lipinski definition) is 1. The Morgan fingerprint density at radius 3 is 2.19 bits per heavy atom. The fourth-order valence-electron chi connectivity index (χ4n) is 2.43. The van der Waals surface area contributed by atoms with Gasteiger partial charge in [0.25, 0.3) is 0 Å². The number of nitrogens with one attached hydrogen (secondary N) is 1. The average molecular weight is 379 g/mol. The molecule has 2 aromatic rings. The van der Waals surface area contributed by atoms with Crippen molar-refractivity contribution in [1.29, 1.82) is 0 Å². The summed E-state index contributed by atoms with van der Waals surface area (Å²) in [5.41, 5.74) is 0.900. The zero-order valence-corrected chi connectivity index (χ0v) is 16.3. The van der Waals surface area contributed by atoms with Crippen molar-refractivity contribution >= 4 is 10.0 Å². The van der Waals surface area contributed by atoms with Crippen molar-refractivity contribution in [3.05, 3.63) is 48.0 Å². The summed E-state index contributed by atoms with van der Waals surface area (Å²) in [6.07, 6.45) is 0.538. The Labute approximate surface area is 155 Å². The minimum absolute atomic E-state index is 0.0371. The first-order valence-electron chi connectivity index (χ1n) is 8.33. The van der Waals surface area contributed by atoms with Crippen LogP contribution in [0, 0.1) is 0 Å². The Kier molecular flexibility index (Phi) is 6.88. The normalized spacial score (nSPS) is 11.4. The highest BCUT2D eigenvalue weighted by Gasteiger charge is 2.14. The van der Waals surface area contributed by atoms with E-state index in [2.05, 4.69) is 4.72 Å². The van der Waals surface area contributed by atoms with Crippen molar-refractivity contribution in [3.8, 4) is 17.2 Å². The molecule has 0 amide bonds. The maximum atomic E-state index is 12.4. The van der Waals surface area contributed by atoms with Crippen LogP contribution in [0.1, 0.15) is 19.4 Å². The van der Waals surface area contributed by atoms with Crippen LogP contribution in [0.25, 0.3) is 0 Å². The smallest absolute Gasteiger partial charge is 0.240 e. The standard InChI is InChI=1S/C19H25NO5S/c1-14(2)25-16-7-9-18(10-8-16)26(21,22)20-12-11-15-5-6-17(23-3)13-19(15)24-4/h5-10,13-14,20H,11-12H2,1-4H3. The van der Waals surface area contributed by atoms with E-state index in [1.54, 1.807) is 32.4 Å². The van der Waals surface area contributed by atoms with Crippen molar-refractivity contribution in [2.24, 2.45) is 0 Å². The SMILES string of the molecule is COc1ccc(CCNS(=O)(=O)c2ccc(OC(C)C)cc2)c(OC)c1. The molecule has 0 aliphatic carbocycles. The van der Waals surface area contributed by atoms with Gasteiger partial charge in [0.05, 0.1) is 25.2 Å². The van der Waals surface area contributed by atoms with Gasteiger partial charge in [-0.1, -0.05) is 6.07 Å². The molecular formula is C19H25NO5S. The summed E-state index contributed by atoms with van der Waals surface area (Å²) in [6.45, 7) is 4.09. The van der Waals surface area contributed by atoms with Crippen LogP contribution < -0.4 is 18.9 Å². The molecule has 0 unspecified atom stereocenters. The maximum Gasteiger partial charge on any atom is 0.240 e. The molecule has 6 nitrogen and oxygen atoms in total. The molecule has 0 saturated carbocycles. The molecule has 0 fully saturated rings. The first-order valence-corrected chi connectivity index (χ1v) is 9.81. The van der Waals surface area contributed by atoms with E-state index in [-0.39, 0.29) is 17.5 Å². The van der Waals surface area contributed by atoms with Gasteiger partial charge >= 0.3 is 0 Å². The lowest BCUT2D eigenvalue weighted by molar-refractivity contribution is 0.242. The summed E-state index contributed by atoms with van der Waals surface area (Å²) in [4.78, 5) is 0.204.